The van der Waals surface area contributed by atoms with Gasteiger partial charge in [0.1, 0.15) is 6.54 Å². The van der Waals surface area contributed by atoms with E-state index in [1.54, 1.807) is 38.1 Å². The second-order valence-electron chi connectivity index (χ2n) is 8.63. The number of carbonyl (C=O) groups excluding carboxylic acids is 2. The smallest absolute Gasteiger partial charge is 0.338 e. The number of rotatable bonds is 9. The van der Waals surface area contributed by atoms with Crippen LogP contribution in [0.2, 0.25) is 0 Å². The van der Waals surface area contributed by atoms with Crippen molar-refractivity contribution in [3.8, 4) is 11.4 Å². The molecule has 1 N–H and O–H groups in total. The summed E-state index contributed by atoms with van der Waals surface area (Å²) in [4.78, 5) is 28.0. The van der Waals surface area contributed by atoms with Gasteiger partial charge in [-0.1, -0.05) is 26.0 Å². The molecular formula is C22H32N6O4. The van der Waals surface area contributed by atoms with Gasteiger partial charge >= 0.3 is 5.97 Å². The van der Waals surface area contributed by atoms with Crippen LogP contribution < -0.4 is 5.32 Å². The molecule has 1 aliphatic heterocycles. The predicted molar refractivity (Wildman–Crippen MR) is 118 cm³/mol. The van der Waals surface area contributed by atoms with Crippen LogP contribution in [0.15, 0.2) is 24.3 Å². The normalized spacial score (nSPS) is 17.0. The Balaban J connectivity index is 1.52. The number of nitrogens with one attached hydrogen (secondary N) is 1. The second kappa shape index (κ2) is 11.1. The van der Waals surface area contributed by atoms with Crippen LogP contribution >= 0.6 is 0 Å². The largest absolute Gasteiger partial charge is 0.459 e. The number of esters is 1. The number of tetrazole rings is 1. The minimum atomic E-state index is -0.412. The minimum absolute atomic E-state index is 0.0287. The number of amides is 1. The van der Waals surface area contributed by atoms with Crippen LogP contribution in [0.3, 0.4) is 0 Å². The lowest BCUT2D eigenvalue weighted by Gasteiger charge is -2.33. The number of aromatic nitrogens is 4. The highest BCUT2D eigenvalue weighted by molar-refractivity contribution is 5.90. The molecule has 1 amide bonds. The van der Waals surface area contributed by atoms with Crippen LogP contribution in [0.5, 0.6) is 0 Å². The zero-order valence-electron chi connectivity index (χ0n) is 19.2. The molecule has 1 saturated heterocycles. The van der Waals surface area contributed by atoms with E-state index in [1.165, 1.54) is 4.80 Å². The molecule has 3 rings (SSSR count). The summed E-state index contributed by atoms with van der Waals surface area (Å²) in [6.45, 7) is 11.8. The molecule has 174 valence electrons. The van der Waals surface area contributed by atoms with Crippen molar-refractivity contribution in [3.63, 3.8) is 0 Å². The van der Waals surface area contributed by atoms with Gasteiger partial charge in [-0.2, -0.15) is 4.80 Å². The third kappa shape index (κ3) is 7.10. The standard InChI is InChI=1S/C22H32N6O4/c1-15(2)12-27-8-9-31-19(13-27)11-23-20(29)14-28-25-21(24-26-28)17-6-5-7-18(10-17)22(30)32-16(3)4/h5-7,10,15-16,19H,8-9,11-14H2,1-4H3,(H,23,29). The molecule has 1 aromatic carbocycles. The van der Waals surface area contributed by atoms with E-state index in [1.807, 2.05) is 0 Å². The zero-order valence-corrected chi connectivity index (χ0v) is 19.2. The van der Waals surface area contributed by atoms with Crippen LogP contribution in [0.4, 0.5) is 0 Å². The number of hydrogen-bond acceptors (Lipinski definition) is 8. The van der Waals surface area contributed by atoms with E-state index in [0.29, 0.717) is 36.0 Å². The molecule has 0 saturated carbocycles. The Morgan fingerprint density at radius 3 is 2.84 bits per heavy atom. The van der Waals surface area contributed by atoms with Gasteiger partial charge in [-0.15, -0.1) is 10.2 Å². The first-order valence-electron chi connectivity index (χ1n) is 11.0. The van der Waals surface area contributed by atoms with E-state index in [0.717, 1.165) is 19.6 Å². The fraction of sp³-hybridized carbons (Fsp3) is 0.591. The van der Waals surface area contributed by atoms with E-state index < -0.39 is 5.97 Å². The number of morpholine rings is 1. The molecule has 2 aromatic rings. The Kier molecular flexibility index (Phi) is 8.29. The van der Waals surface area contributed by atoms with Crippen molar-refractivity contribution in [3.05, 3.63) is 29.8 Å². The molecule has 32 heavy (non-hydrogen) atoms. The third-order valence-electron chi connectivity index (χ3n) is 4.81. The fourth-order valence-electron chi connectivity index (χ4n) is 3.49. The average molecular weight is 445 g/mol. The molecule has 0 aliphatic carbocycles. The lowest BCUT2D eigenvalue weighted by atomic mass is 10.1. The van der Waals surface area contributed by atoms with Gasteiger partial charge in [0.2, 0.25) is 11.7 Å². The molecular weight excluding hydrogens is 412 g/mol. The minimum Gasteiger partial charge on any atom is -0.459 e. The molecule has 2 heterocycles. The van der Waals surface area contributed by atoms with Crippen molar-refractivity contribution >= 4 is 11.9 Å². The first-order chi connectivity index (χ1) is 15.3. The number of carbonyl (C=O) groups is 2. The summed E-state index contributed by atoms with van der Waals surface area (Å²) in [6.07, 6.45) is -0.236. The highest BCUT2D eigenvalue weighted by Crippen LogP contribution is 2.16. The lowest BCUT2D eigenvalue weighted by Crippen LogP contribution is -2.48. The number of ether oxygens (including phenoxy) is 2. The van der Waals surface area contributed by atoms with Crippen molar-refractivity contribution in [2.75, 3.05) is 32.8 Å². The van der Waals surface area contributed by atoms with Crippen LogP contribution in [-0.4, -0.2) is 82.0 Å². The van der Waals surface area contributed by atoms with Crippen molar-refractivity contribution in [1.82, 2.24) is 30.4 Å². The Bertz CT molecular complexity index is 913. The topological polar surface area (TPSA) is 111 Å². The molecule has 1 aromatic heterocycles. The van der Waals surface area contributed by atoms with Gasteiger partial charge in [0.25, 0.3) is 0 Å². The summed E-state index contributed by atoms with van der Waals surface area (Å²) >= 11 is 0. The van der Waals surface area contributed by atoms with E-state index in [4.69, 9.17) is 9.47 Å². The molecule has 0 radical (unpaired) electrons. The molecule has 1 fully saturated rings. The predicted octanol–water partition coefficient (Wildman–Crippen LogP) is 1.38. The quantitative estimate of drug-likeness (QED) is 0.578. The first kappa shape index (κ1) is 23.8. The fourth-order valence-corrected chi connectivity index (χ4v) is 3.49. The Morgan fingerprint density at radius 1 is 1.28 bits per heavy atom. The molecule has 0 bridgehead atoms. The van der Waals surface area contributed by atoms with Gasteiger partial charge in [-0.25, -0.2) is 4.79 Å². The summed E-state index contributed by atoms with van der Waals surface area (Å²) in [5.41, 5.74) is 1.03. The SMILES string of the molecule is CC(C)CN1CCOC(CNC(=O)Cn2nnc(-c3cccc(C(=O)OC(C)C)c3)n2)C1. The van der Waals surface area contributed by atoms with Gasteiger partial charge < -0.3 is 14.8 Å². The summed E-state index contributed by atoms with van der Waals surface area (Å²) < 4.78 is 11.0. The van der Waals surface area contributed by atoms with Gasteiger partial charge in [0, 0.05) is 31.7 Å². The van der Waals surface area contributed by atoms with Crippen LogP contribution in [-0.2, 0) is 20.8 Å². The van der Waals surface area contributed by atoms with Crippen LogP contribution in [0.25, 0.3) is 11.4 Å². The third-order valence-corrected chi connectivity index (χ3v) is 4.81. The van der Waals surface area contributed by atoms with E-state index in [2.05, 4.69) is 39.5 Å². The average Bonchev–Trinajstić information content (AvgIpc) is 3.20. The molecule has 10 nitrogen and oxygen atoms in total. The van der Waals surface area contributed by atoms with E-state index in [-0.39, 0.29) is 24.7 Å². The van der Waals surface area contributed by atoms with Gasteiger partial charge in [0.05, 0.1) is 24.4 Å². The number of hydrogen-bond donors (Lipinski definition) is 1. The monoisotopic (exact) mass is 444 g/mol. The molecule has 10 heteroatoms. The second-order valence-corrected chi connectivity index (χ2v) is 8.63. The first-order valence-corrected chi connectivity index (χ1v) is 11.0. The Labute approximate surface area is 188 Å². The highest BCUT2D eigenvalue weighted by atomic mass is 16.5. The van der Waals surface area contributed by atoms with Crippen molar-refractivity contribution in [1.29, 1.82) is 0 Å². The lowest BCUT2D eigenvalue weighted by molar-refractivity contribution is -0.123. The summed E-state index contributed by atoms with van der Waals surface area (Å²) in [6, 6.07) is 6.82. The van der Waals surface area contributed by atoms with Gasteiger partial charge in [0.15, 0.2) is 0 Å². The summed E-state index contributed by atoms with van der Waals surface area (Å²) in [5.74, 6) is 0.299. The summed E-state index contributed by atoms with van der Waals surface area (Å²) in [7, 11) is 0. The van der Waals surface area contributed by atoms with Crippen LogP contribution in [0, 0.1) is 5.92 Å². The maximum Gasteiger partial charge on any atom is 0.338 e. The van der Waals surface area contributed by atoms with Crippen molar-refractivity contribution < 1.29 is 19.1 Å². The van der Waals surface area contributed by atoms with Gasteiger partial charge in [-0.3, -0.25) is 9.69 Å². The number of nitrogens with zero attached hydrogens (tertiary/aromatic N) is 5. The maximum absolute atomic E-state index is 12.3. The van der Waals surface area contributed by atoms with Crippen molar-refractivity contribution in [2.45, 2.75) is 46.4 Å². The van der Waals surface area contributed by atoms with Crippen LogP contribution in [0.1, 0.15) is 38.1 Å². The number of benzene rings is 1. The molecule has 1 unspecified atom stereocenters. The van der Waals surface area contributed by atoms with E-state index in [9.17, 15) is 9.59 Å². The molecule has 0 spiro atoms. The van der Waals surface area contributed by atoms with Gasteiger partial charge in [-0.05, 0) is 37.1 Å². The molecule has 1 aliphatic rings. The molecule has 1 atom stereocenters. The Morgan fingerprint density at radius 2 is 2.09 bits per heavy atom. The maximum atomic E-state index is 12.3. The summed E-state index contributed by atoms with van der Waals surface area (Å²) in [5, 5.41) is 15.1. The van der Waals surface area contributed by atoms with E-state index >= 15 is 0 Å². The Hall–Kier alpha value is -2.85. The van der Waals surface area contributed by atoms with Crippen molar-refractivity contribution in [2.24, 2.45) is 5.92 Å². The zero-order chi connectivity index (χ0) is 23.1. The highest BCUT2D eigenvalue weighted by Gasteiger charge is 2.21.